The van der Waals surface area contributed by atoms with Gasteiger partial charge in [-0.3, -0.25) is 23.6 Å². The van der Waals surface area contributed by atoms with Crippen LogP contribution < -0.4 is 10.9 Å². The molecule has 0 saturated heterocycles. The second-order valence-corrected chi connectivity index (χ2v) is 6.92. The zero-order chi connectivity index (χ0) is 20.4. The van der Waals surface area contributed by atoms with E-state index in [9.17, 15) is 14.4 Å². The van der Waals surface area contributed by atoms with Gasteiger partial charge >= 0.3 is 0 Å². The maximum Gasteiger partial charge on any atom is 0.264 e. The fourth-order valence-corrected chi connectivity index (χ4v) is 2.82. The standard InChI is InChI=1S/C17H16Cl2N6O3/c1-23(7-14(26)22-10-3-4-12(18)13(19)5-10)15(27)8-25-9-20-16-11(17(25)28)6-21-24(16)2/h3-6,9H,7-8H2,1-2H3,(H,22,26). The average Bonchev–Trinajstić information content (AvgIpc) is 3.02. The van der Waals surface area contributed by atoms with Gasteiger partial charge in [-0.05, 0) is 18.2 Å². The smallest absolute Gasteiger partial charge is 0.264 e. The number of likely N-dealkylation sites (N-methyl/N-ethyl adjacent to an activating group) is 1. The molecule has 1 N–H and O–H groups in total. The summed E-state index contributed by atoms with van der Waals surface area (Å²) in [6.45, 7) is -0.441. The molecule has 0 bridgehead atoms. The summed E-state index contributed by atoms with van der Waals surface area (Å²) >= 11 is 11.7. The first-order valence-electron chi connectivity index (χ1n) is 8.12. The van der Waals surface area contributed by atoms with Gasteiger partial charge in [-0.1, -0.05) is 23.2 Å². The van der Waals surface area contributed by atoms with E-state index in [0.29, 0.717) is 26.8 Å². The van der Waals surface area contributed by atoms with Crippen LogP contribution in [-0.2, 0) is 23.2 Å². The van der Waals surface area contributed by atoms with Gasteiger partial charge in [0.15, 0.2) is 5.65 Å². The van der Waals surface area contributed by atoms with E-state index >= 15 is 0 Å². The van der Waals surface area contributed by atoms with Gasteiger partial charge < -0.3 is 10.2 Å². The van der Waals surface area contributed by atoms with Crippen LogP contribution in [0.5, 0.6) is 0 Å². The van der Waals surface area contributed by atoms with Crippen LogP contribution >= 0.6 is 23.2 Å². The van der Waals surface area contributed by atoms with Gasteiger partial charge in [0.05, 0.1) is 22.8 Å². The Hall–Kier alpha value is -2.91. The van der Waals surface area contributed by atoms with Crippen LogP contribution in [0.15, 0.2) is 35.5 Å². The second-order valence-electron chi connectivity index (χ2n) is 6.11. The van der Waals surface area contributed by atoms with Crippen molar-refractivity contribution >= 4 is 51.7 Å². The van der Waals surface area contributed by atoms with E-state index in [1.165, 1.54) is 39.8 Å². The fraction of sp³-hybridized carbons (Fsp3) is 0.235. The van der Waals surface area contributed by atoms with E-state index in [1.807, 2.05) is 0 Å². The lowest BCUT2D eigenvalue weighted by Gasteiger charge is -2.17. The topological polar surface area (TPSA) is 102 Å². The molecule has 0 fully saturated rings. The minimum absolute atomic E-state index is 0.198. The van der Waals surface area contributed by atoms with Crippen LogP contribution in [0.4, 0.5) is 5.69 Å². The third kappa shape index (κ3) is 4.15. The van der Waals surface area contributed by atoms with Crippen molar-refractivity contribution in [1.82, 2.24) is 24.2 Å². The first-order chi connectivity index (χ1) is 13.3. The van der Waals surface area contributed by atoms with Gasteiger partial charge in [0.1, 0.15) is 18.3 Å². The van der Waals surface area contributed by atoms with Gasteiger partial charge in [-0.2, -0.15) is 5.10 Å². The molecule has 0 unspecified atom stereocenters. The Labute approximate surface area is 169 Å². The number of nitrogens with one attached hydrogen (secondary N) is 1. The molecule has 9 nitrogen and oxygen atoms in total. The third-order valence-electron chi connectivity index (χ3n) is 4.03. The minimum atomic E-state index is -0.420. The summed E-state index contributed by atoms with van der Waals surface area (Å²) in [6, 6.07) is 4.67. The Morgan fingerprint density at radius 1 is 1.25 bits per heavy atom. The normalized spacial score (nSPS) is 10.9. The van der Waals surface area contributed by atoms with Gasteiger partial charge in [0.25, 0.3) is 5.56 Å². The highest BCUT2D eigenvalue weighted by Gasteiger charge is 2.16. The zero-order valence-electron chi connectivity index (χ0n) is 15.0. The lowest BCUT2D eigenvalue weighted by Crippen LogP contribution is -2.38. The second kappa shape index (κ2) is 7.99. The molecular formula is C17H16Cl2N6O3. The Balaban J connectivity index is 1.64. The number of hydrogen-bond acceptors (Lipinski definition) is 5. The molecule has 0 saturated carbocycles. The maximum atomic E-state index is 12.4. The number of halogens is 2. The molecule has 0 aliphatic carbocycles. The van der Waals surface area contributed by atoms with Crippen LogP contribution in [0.3, 0.4) is 0 Å². The molecule has 2 aromatic heterocycles. The molecule has 11 heteroatoms. The van der Waals surface area contributed by atoms with E-state index < -0.39 is 11.8 Å². The van der Waals surface area contributed by atoms with E-state index in [0.717, 1.165) is 0 Å². The van der Waals surface area contributed by atoms with Gasteiger partial charge in [-0.15, -0.1) is 0 Å². The molecule has 0 radical (unpaired) electrons. The highest BCUT2D eigenvalue weighted by molar-refractivity contribution is 6.42. The molecule has 146 valence electrons. The lowest BCUT2D eigenvalue weighted by molar-refractivity contribution is -0.133. The Morgan fingerprint density at radius 2 is 2.00 bits per heavy atom. The summed E-state index contributed by atoms with van der Waals surface area (Å²) in [5.41, 5.74) is 0.519. The predicted octanol–water partition coefficient (Wildman–Crippen LogP) is 1.53. The molecule has 3 rings (SSSR count). The van der Waals surface area contributed by atoms with Crippen LogP contribution in [0.1, 0.15) is 0 Å². The molecule has 2 heterocycles. The number of carbonyl (C=O) groups is 2. The van der Waals surface area contributed by atoms with Gasteiger partial charge in [-0.25, -0.2) is 4.98 Å². The number of aryl methyl sites for hydroxylation is 1. The molecule has 0 atom stereocenters. The lowest BCUT2D eigenvalue weighted by atomic mass is 10.3. The number of benzene rings is 1. The Kier molecular flexibility index (Phi) is 5.66. The van der Waals surface area contributed by atoms with Crippen molar-refractivity contribution in [3.05, 3.63) is 51.1 Å². The summed E-state index contributed by atoms with van der Waals surface area (Å²) in [5.74, 6) is -0.834. The van der Waals surface area contributed by atoms with Crippen molar-refractivity contribution < 1.29 is 9.59 Å². The largest absolute Gasteiger partial charge is 0.335 e. The summed E-state index contributed by atoms with van der Waals surface area (Å²) in [5, 5.41) is 7.60. The predicted molar refractivity (Wildman–Crippen MR) is 105 cm³/mol. The summed E-state index contributed by atoms with van der Waals surface area (Å²) in [7, 11) is 3.14. The Morgan fingerprint density at radius 3 is 2.71 bits per heavy atom. The molecule has 2 amide bonds. The number of amides is 2. The Bertz CT molecular complexity index is 1120. The molecule has 0 aliphatic heterocycles. The molecule has 3 aromatic rings. The number of rotatable bonds is 5. The van der Waals surface area contributed by atoms with Crippen molar-refractivity contribution in [2.24, 2.45) is 7.05 Å². The summed E-state index contributed by atoms with van der Waals surface area (Å²) in [4.78, 5) is 42.3. The van der Waals surface area contributed by atoms with E-state index in [2.05, 4.69) is 15.4 Å². The van der Waals surface area contributed by atoms with Crippen LogP contribution in [0, 0.1) is 0 Å². The quantitative estimate of drug-likeness (QED) is 0.671. The van der Waals surface area contributed by atoms with Crippen molar-refractivity contribution in [2.45, 2.75) is 6.54 Å². The highest BCUT2D eigenvalue weighted by Crippen LogP contribution is 2.24. The van der Waals surface area contributed by atoms with Crippen molar-refractivity contribution in [1.29, 1.82) is 0 Å². The fourth-order valence-electron chi connectivity index (χ4n) is 2.52. The van der Waals surface area contributed by atoms with Crippen molar-refractivity contribution in [3.8, 4) is 0 Å². The van der Waals surface area contributed by atoms with E-state index in [1.54, 1.807) is 19.2 Å². The molecular weight excluding hydrogens is 407 g/mol. The zero-order valence-corrected chi connectivity index (χ0v) is 16.5. The van der Waals surface area contributed by atoms with Crippen molar-refractivity contribution in [2.75, 3.05) is 18.9 Å². The first kappa shape index (κ1) is 19.8. The van der Waals surface area contributed by atoms with E-state index in [4.69, 9.17) is 23.2 Å². The van der Waals surface area contributed by atoms with Crippen LogP contribution in [0.25, 0.3) is 11.0 Å². The average molecular weight is 423 g/mol. The van der Waals surface area contributed by atoms with Crippen LogP contribution in [-0.4, -0.2) is 49.6 Å². The van der Waals surface area contributed by atoms with Gasteiger partial charge in [0, 0.05) is 19.8 Å². The minimum Gasteiger partial charge on any atom is -0.335 e. The SMILES string of the molecule is CN(CC(=O)Nc1ccc(Cl)c(Cl)c1)C(=O)Cn1cnc2c(cnn2C)c1=O. The number of hydrogen-bond donors (Lipinski definition) is 1. The molecule has 0 spiro atoms. The maximum absolute atomic E-state index is 12.4. The summed E-state index contributed by atoms with van der Waals surface area (Å²) < 4.78 is 2.65. The van der Waals surface area contributed by atoms with Crippen molar-refractivity contribution in [3.63, 3.8) is 0 Å². The first-order valence-corrected chi connectivity index (χ1v) is 8.88. The van der Waals surface area contributed by atoms with Gasteiger partial charge in [0.2, 0.25) is 11.8 Å². The number of fused-ring (bicyclic) bond motifs is 1. The number of anilines is 1. The number of carbonyl (C=O) groups excluding carboxylic acids is 2. The third-order valence-corrected chi connectivity index (χ3v) is 4.77. The molecule has 1 aromatic carbocycles. The highest BCUT2D eigenvalue weighted by atomic mass is 35.5. The molecule has 0 aliphatic rings. The van der Waals surface area contributed by atoms with E-state index in [-0.39, 0.29) is 18.6 Å². The number of nitrogens with zero attached hydrogens (tertiary/aromatic N) is 5. The summed E-state index contributed by atoms with van der Waals surface area (Å²) in [6.07, 6.45) is 2.69. The van der Waals surface area contributed by atoms with Crippen LogP contribution in [0.2, 0.25) is 10.0 Å². The number of aromatic nitrogens is 4. The molecule has 28 heavy (non-hydrogen) atoms. The monoisotopic (exact) mass is 422 g/mol.